The second-order valence-electron chi connectivity index (χ2n) is 4.57. The van der Waals surface area contributed by atoms with E-state index in [1.807, 2.05) is 18.2 Å². The van der Waals surface area contributed by atoms with Crippen molar-refractivity contribution < 1.29 is 14.9 Å². The van der Waals surface area contributed by atoms with Crippen molar-refractivity contribution in [1.82, 2.24) is 5.32 Å². The molecule has 2 rings (SSSR count). The Morgan fingerprint density at radius 1 is 1.44 bits per heavy atom. The summed E-state index contributed by atoms with van der Waals surface area (Å²) in [4.78, 5) is 0. The van der Waals surface area contributed by atoms with E-state index in [1.165, 1.54) is 18.4 Å². The van der Waals surface area contributed by atoms with Crippen LogP contribution in [0.2, 0.25) is 0 Å². The van der Waals surface area contributed by atoms with Gasteiger partial charge in [-0.3, -0.25) is 0 Å². The highest BCUT2D eigenvalue weighted by atomic mass is 79.9. The van der Waals surface area contributed by atoms with Gasteiger partial charge in [-0.25, -0.2) is 0 Å². The van der Waals surface area contributed by atoms with Crippen LogP contribution < -0.4 is 10.1 Å². The van der Waals surface area contributed by atoms with Crippen LogP contribution in [0.4, 0.5) is 0 Å². The zero-order valence-corrected chi connectivity index (χ0v) is 11.7. The zero-order valence-electron chi connectivity index (χ0n) is 10.1. The van der Waals surface area contributed by atoms with E-state index >= 15 is 0 Å². The van der Waals surface area contributed by atoms with Gasteiger partial charge >= 0.3 is 0 Å². The molecule has 1 aliphatic rings. The second-order valence-corrected chi connectivity index (χ2v) is 5.42. The number of aliphatic hydroxyl groups excluding tert-OH is 2. The van der Waals surface area contributed by atoms with E-state index in [-0.39, 0.29) is 13.2 Å². The van der Waals surface area contributed by atoms with Crippen molar-refractivity contribution in [3.63, 3.8) is 0 Å². The molecule has 5 heteroatoms. The van der Waals surface area contributed by atoms with E-state index in [0.717, 1.165) is 11.0 Å². The fourth-order valence-electron chi connectivity index (χ4n) is 1.56. The van der Waals surface area contributed by atoms with Gasteiger partial charge in [-0.15, -0.1) is 0 Å². The van der Waals surface area contributed by atoms with Crippen LogP contribution >= 0.6 is 15.9 Å². The Balaban J connectivity index is 1.87. The third kappa shape index (κ3) is 4.24. The van der Waals surface area contributed by atoms with Gasteiger partial charge in [0.1, 0.15) is 18.5 Å². The topological polar surface area (TPSA) is 61.7 Å². The van der Waals surface area contributed by atoms with E-state index in [2.05, 4.69) is 21.2 Å². The minimum Gasteiger partial charge on any atom is -0.490 e. The predicted molar refractivity (Wildman–Crippen MR) is 72.6 cm³/mol. The van der Waals surface area contributed by atoms with Gasteiger partial charge in [-0.1, -0.05) is 6.07 Å². The van der Waals surface area contributed by atoms with Crippen LogP contribution in [0.5, 0.6) is 5.75 Å². The maximum atomic E-state index is 9.22. The van der Waals surface area contributed by atoms with Crippen molar-refractivity contribution in [1.29, 1.82) is 0 Å². The van der Waals surface area contributed by atoms with Crippen molar-refractivity contribution in [3.8, 4) is 5.75 Å². The largest absolute Gasteiger partial charge is 0.490 e. The van der Waals surface area contributed by atoms with Crippen LogP contribution in [0.3, 0.4) is 0 Å². The Morgan fingerprint density at radius 3 is 2.83 bits per heavy atom. The van der Waals surface area contributed by atoms with Gasteiger partial charge in [-0.05, 0) is 46.5 Å². The molecule has 0 radical (unpaired) electrons. The first kappa shape index (κ1) is 13.8. The summed E-state index contributed by atoms with van der Waals surface area (Å²) in [7, 11) is 0. The van der Waals surface area contributed by atoms with Crippen molar-refractivity contribution in [2.75, 3.05) is 13.2 Å². The van der Waals surface area contributed by atoms with Crippen molar-refractivity contribution in [2.45, 2.75) is 31.5 Å². The number of ether oxygens (including phenoxy) is 1. The molecule has 0 saturated heterocycles. The summed E-state index contributed by atoms with van der Waals surface area (Å²) >= 11 is 3.44. The molecule has 100 valence electrons. The summed E-state index contributed by atoms with van der Waals surface area (Å²) < 4.78 is 6.27. The summed E-state index contributed by atoms with van der Waals surface area (Å²) in [6.07, 6.45) is 1.72. The maximum absolute atomic E-state index is 9.22. The van der Waals surface area contributed by atoms with Crippen LogP contribution in [0.15, 0.2) is 22.7 Å². The highest BCUT2D eigenvalue weighted by molar-refractivity contribution is 9.10. The van der Waals surface area contributed by atoms with Crippen molar-refractivity contribution in [3.05, 3.63) is 28.2 Å². The lowest BCUT2D eigenvalue weighted by Gasteiger charge is -2.12. The second kappa shape index (κ2) is 6.52. The molecule has 0 amide bonds. The van der Waals surface area contributed by atoms with E-state index < -0.39 is 6.10 Å². The monoisotopic (exact) mass is 315 g/mol. The molecule has 18 heavy (non-hydrogen) atoms. The zero-order chi connectivity index (χ0) is 13.0. The van der Waals surface area contributed by atoms with E-state index in [1.54, 1.807) is 0 Å². The van der Waals surface area contributed by atoms with Crippen LogP contribution in [0, 0.1) is 0 Å². The molecule has 1 atom stereocenters. The molecule has 1 aliphatic carbocycles. The highest BCUT2D eigenvalue weighted by Gasteiger charge is 2.20. The van der Waals surface area contributed by atoms with Crippen molar-refractivity contribution >= 4 is 15.9 Å². The first-order valence-corrected chi connectivity index (χ1v) is 6.92. The maximum Gasteiger partial charge on any atom is 0.133 e. The molecule has 1 aromatic carbocycles. The minimum absolute atomic E-state index is 0.0920. The molecule has 1 unspecified atom stereocenters. The molecular weight excluding hydrogens is 298 g/mol. The molecule has 0 bridgehead atoms. The number of nitrogens with one attached hydrogen (secondary N) is 1. The van der Waals surface area contributed by atoms with Gasteiger partial charge < -0.3 is 20.3 Å². The fraction of sp³-hybridized carbons (Fsp3) is 0.538. The Hall–Kier alpha value is -0.620. The highest BCUT2D eigenvalue weighted by Crippen LogP contribution is 2.27. The van der Waals surface area contributed by atoms with E-state index in [4.69, 9.17) is 9.84 Å². The molecule has 1 aromatic rings. The average Bonchev–Trinajstić information content (AvgIpc) is 3.18. The quantitative estimate of drug-likeness (QED) is 0.712. The van der Waals surface area contributed by atoms with Crippen molar-refractivity contribution in [2.24, 2.45) is 0 Å². The Labute approximate surface area is 115 Å². The first-order chi connectivity index (χ1) is 8.69. The van der Waals surface area contributed by atoms with Gasteiger partial charge in [-0.2, -0.15) is 0 Å². The lowest BCUT2D eigenvalue weighted by Crippen LogP contribution is -2.21. The normalized spacial score (nSPS) is 16.6. The van der Waals surface area contributed by atoms with Crippen LogP contribution in [0.25, 0.3) is 0 Å². The smallest absolute Gasteiger partial charge is 0.133 e. The van der Waals surface area contributed by atoms with Gasteiger partial charge in [0, 0.05) is 12.6 Å². The van der Waals surface area contributed by atoms with Gasteiger partial charge in [0.25, 0.3) is 0 Å². The standard InChI is InChI=1S/C13H18BrNO3/c14-12-5-9(6-15-10-2-3-10)1-4-13(12)18-8-11(17)7-16/h1,4-5,10-11,15-17H,2-3,6-8H2. The minimum atomic E-state index is -0.840. The Kier molecular flexibility index (Phi) is 5.00. The lowest BCUT2D eigenvalue weighted by atomic mass is 10.2. The molecule has 1 fully saturated rings. The summed E-state index contributed by atoms with van der Waals surface area (Å²) in [6, 6.07) is 6.58. The number of rotatable bonds is 7. The summed E-state index contributed by atoms with van der Waals surface area (Å²) in [6.45, 7) is 0.665. The molecular formula is C13H18BrNO3. The first-order valence-electron chi connectivity index (χ1n) is 6.12. The van der Waals surface area contributed by atoms with Crippen LogP contribution in [-0.4, -0.2) is 35.6 Å². The number of benzene rings is 1. The molecule has 0 heterocycles. The van der Waals surface area contributed by atoms with Gasteiger partial charge in [0.05, 0.1) is 11.1 Å². The SMILES string of the molecule is OCC(O)COc1ccc(CNC2CC2)cc1Br. The molecule has 0 aromatic heterocycles. The fourth-order valence-corrected chi connectivity index (χ4v) is 2.10. The van der Waals surface area contributed by atoms with Crippen LogP contribution in [0.1, 0.15) is 18.4 Å². The van der Waals surface area contributed by atoms with Gasteiger partial charge in [0.2, 0.25) is 0 Å². The Bertz CT molecular complexity index is 396. The van der Waals surface area contributed by atoms with Crippen LogP contribution in [-0.2, 0) is 6.54 Å². The predicted octanol–water partition coefficient (Wildman–Crippen LogP) is 1.43. The molecule has 4 nitrogen and oxygen atoms in total. The summed E-state index contributed by atoms with van der Waals surface area (Å²) in [5, 5.41) is 21.4. The Morgan fingerprint density at radius 2 is 2.22 bits per heavy atom. The summed E-state index contributed by atoms with van der Waals surface area (Å²) in [5.74, 6) is 0.678. The van der Waals surface area contributed by atoms with E-state index in [9.17, 15) is 5.11 Å². The molecule has 0 spiro atoms. The number of hydrogen-bond donors (Lipinski definition) is 3. The number of halogens is 1. The lowest BCUT2D eigenvalue weighted by molar-refractivity contribution is 0.0533. The number of hydrogen-bond acceptors (Lipinski definition) is 4. The molecule has 3 N–H and O–H groups in total. The average molecular weight is 316 g/mol. The third-order valence-electron chi connectivity index (χ3n) is 2.81. The van der Waals surface area contributed by atoms with E-state index in [0.29, 0.717) is 11.8 Å². The third-order valence-corrected chi connectivity index (χ3v) is 3.43. The van der Waals surface area contributed by atoms with Gasteiger partial charge in [0.15, 0.2) is 0 Å². The molecule has 1 saturated carbocycles. The summed E-state index contributed by atoms with van der Waals surface area (Å²) in [5.41, 5.74) is 1.20. The number of aliphatic hydroxyl groups is 2. The molecule has 0 aliphatic heterocycles.